The standard InChI is InChI=1S/C23H40/c1-3-5-6-9-21-16-18-23(19-17-21)11-8-7-10-22-14-12-20(4-2)13-15-22/h6-9,20-23H,3-5,10-19H2,1-2H3/b8-7-,9-6+/t20-,21-,22-,23-. The molecule has 0 spiro atoms. The van der Waals surface area contributed by atoms with Crippen LogP contribution in [0.3, 0.4) is 0 Å². The zero-order chi connectivity index (χ0) is 16.3. The van der Waals surface area contributed by atoms with Crippen molar-refractivity contribution < 1.29 is 0 Å². The minimum Gasteiger partial charge on any atom is -0.0883 e. The van der Waals surface area contributed by atoms with Crippen molar-refractivity contribution in [1.29, 1.82) is 0 Å². The zero-order valence-corrected chi connectivity index (χ0v) is 15.8. The highest BCUT2D eigenvalue weighted by Crippen LogP contribution is 2.34. The van der Waals surface area contributed by atoms with E-state index in [-0.39, 0.29) is 0 Å². The van der Waals surface area contributed by atoms with Crippen molar-refractivity contribution in [3.8, 4) is 0 Å². The first kappa shape index (κ1) is 18.8. The smallest absolute Gasteiger partial charge is 0.0233 e. The topological polar surface area (TPSA) is 0 Å². The second kappa shape index (κ2) is 11.1. The van der Waals surface area contributed by atoms with E-state index in [1.54, 1.807) is 0 Å². The van der Waals surface area contributed by atoms with Crippen molar-refractivity contribution in [3.63, 3.8) is 0 Å². The summed E-state index contributed by atoms with van der Waals surface area (Å²) in [6, 6.07) is 0. The van der Waals surface area contributed by atoms with Gasteiger partial charge in [0.1, 0.15) is 0 Å². The Balaban J connectivity index is 1.55. The molecule has 2 saturated carbocycles. The molecule has 0 radical (unpaired) electrons. The largest absolute Gasteiger partial charge is 0.0883 e. The molecular formula is C23H40. The van der Waals surface area contributed by atoms with Crippen molar-refractivity contribution in [2.75, 3.05) is 0 Å². The lowest BCUT2D eigenvalue weighted by molar-refractivity contribution is 0.270. The van der Waals surface area contributed by atoms with Crippen LogP contribution < -0.4 is 0 Å². The Morgan fingerprint density at radius 2 is 1.17 bits per heavy atom. The van der Waals surface area contributed by atoms with Gasteiger partial charge >= 0.3 is 0 Å². The third-order valence-electron chi connectivity index (χ3n) is 6.40. The average molecular weight is 317 g/mol. The van der Waals surface area contributed by atoms with Gasteiger partial charge in [0.05, 0.1) is 0 Å². The number of hydrogen-bond donors (Lipinski definition) is 0. The third-order valence-corrected chi connectivity index (χ3v) is 6.40. The van der Waals surface area contributed by atoms with E-state index in [2.05, 4.69) is 38.2 Å². The summed E-state index contributed by atoms with van der Waals surface area (Å²) < 4.78 is 0. The molecule has 0 unspecified atom stereocenters. The monoisotopic (exact) mass is 316 g/mol. The van der Waals surface area contributed by atoms with E-state index in [4.69, 9.17) is 0 Å². The fourth-order valence-electron chi connectivity index (χ4n) is 4.52. The lowest BCUT2D eigenvalue weighted by atomic mass is 9.79. The first-order chi connectivity index (χ1) is 11.3. The van der Waals surface area contributed by atoms with Gasteiger partial charge in [-0.3, -0.25) is 0 Å². The second-order valence-electron chi connectivity index (χ2n) is 8.24. The minimum atomic E-state index is 0.885. The Kier molecular flexibility index (Phi) is 9.09. The molecule has 0 aromatic heterocycles. The summed E-state index contributed by atoms with van der Waals surface area (Å²) in [7, 11) is 0. The first-order valence-electron chi connectivity index (χ1n) is 10.6. The fourth-order valence-corrected chi connectivity index (χ4v) is 4.52. The summed E-state index contributed by atoms with van der Waals surface area (Å²) >= 11 is 0. The summed E-state index contributed by atoms with van der Waals surface area (Å²) in [5.41, 5.74) is 0. The predicted molar refractivity (Wildman–Crippen MR) is 104 cm³/mol. The molecule has 0 aliphatic heterocycles. The van der Waals surface area contributed by atoms with Crippen LogP contribution in [0.25, 0.3) is 0 Å². The molecule has 132 valence electrons. The van der Waals surface area contributed by atoms with Crippen molar-refractivity contribution in [2.45, 2.75) is 97.3 Å². The van der Waals surface area contributed by atoms with Crippen LogP contribution in [0.1, 0.15) is 97.3 Å². The quantitative estimate of drug-likeness (QED) is 0.402. The van der Waals surface area contributed by atoms with Crippen LogP contribution in [-0.4, -0.2) is 0 Å². The normalized spacial score (nSPS) is 32.8. The van der Waals surface area contributed by atoms with Crippen LogP contribution in [0.5, 0.6) is 0 Å². The average Bonchev–Trinajstić information content (AvgIpc) is 2.61. The maximum absolute atomic E-state index is 2.52. The van der Waals surface area contributed by atoms with Gasteiger partial charge in [0.15, 0.2) is 0 Å². The van der Waals surface area contributed by atoms with Crippen LogP contribution in [0, 0.1) is 23.7 Å². The molecule has 0 aromatic carbocycles. The molecule has 2 aliphatic carbocycles. The lowest BCUT2D eigenvalue weighted by Gasteiger charge is -2.27. The molecule has 2 aliphatic rings. The number of unbranched alkanes of at least 4 members (excludes halogenated alkanes) is 1. The lowest BCUT2D eigenvalue weighted by Crippen LogP contribution is -2.13. The Morgan fingerprint density at radius 1 is 0.652 bits per heavy atom. The molecule has 23 heavy (non-hydrogen) atoms. The molecule has 0 bridgehead atoms. The van der Waals surface area contributed by atoms with Crippen LogP contribution in [0.15, 0.2) is 24.3 Å². The molecule has 0 nitrogen and oxygen atoms in total. The molecule has 0 heteroatoms. The van der Waals surface area contributed by atoms with Crippen molar-refractivity contribution in [3.05, 3.63) is 24.3 Å². The number of rotatable bonds is 8. The van der Waals surface area contributed by atoms with E-state index in [0.717, 1.165) is 23.7 Å². The van der Waals surface area contributed by atoms with Crippen molar-refractivity contribution in [1.82, 2.24) is 0 Å². The Hall–Kier alpha value is -0.520. The summed E-state index contributed by atoms with van der Waals surface area (Å²) in [4.78, 5) is 0. The molecule has 0 N–H and O–H groups in total. The zero-order valence-electron chi connectivity index (χ0n) is 15.8. The van der Waals surface area contributed by atoms with Gasteiger partial charge in [-0.15, -0.1) is 0 Å². The molecule has 0 atom stereocenters. The van der Waals surface area contributed by atoms with E-state index >= 15 is 0 Å². The van der Waals surface area contributed by atoms with Crippen LogP contribution in [-0.2, 0) is 0 Å². The fraction of sp³-hybridized carbons (Fsp3) is 0.826. The van der Waals surface area contributed by atoms with Gasteiger partial charge in [-0.25, -0.2) is 0 Å². The minimum absolute atomic E-state index is 0.885. The Bertz CT molecular complexity index is 335. The number of hydrogen-bond acceptors (Lipinski definition) is 0. The summed E-state index contributed by atoms with van der Waals surface area (Å²) in [5.74, 6) is 3.89. The van der Waals surface area contributed by atoms with E-state index in [1.165, 1.54) is 83.5 Å². The maximum atomic E-state index is 2.52. The van der Waals surface area contributed by atoms with Gasteiger partial charge in [0, 0.05) is 0 Å². The Labute approximate surface area is 145 Å². The van der Waals surface area contributed by atoms with Gasteiger partial charge < -0.3 is 0 Å². The van der Waals surface area contributed by atoms with Crippen LogP contribution in [0.2, 0.25) is 0 Å². The van der Waals surface area contributed by atoms with Crippen LogP contribution in [0.4, 0.5) is 0 Å². The molecular weight excluding hydrogens is 276 g/mol. The third kappa shape index (κ3) is 7.27. The first-order valence-corrected chi connectivity index (χ1v) is 10.6. The van der Waals surface area contributed by atoms with Gasteiger partial charge in [-0.05, 0) is 81.5 Å². The summed E-state index contributed by atoms with van der Waals surface area (Å²) in [5, 5.41) is 0. The molecule has 0 amide bonds. The Morgan fingerprint density at radius 3 is 1.70 bits per heavy atom. The highest BCUT2D eigenvalue weighted by atomic mass is 14.3. The maximum Gasteiger partial charge on any atom is -0.0233 e. The molecule has 0 saturated heterocycles. The van der Waals surface area contributed by atoms with Crippen LogP contribution >= 0.6 is 0 Å². The van der Waals surface area contributed by atoms with E-state index < -0.39 is 0 Å². The second-order valence-corrected chi connectivity index (χ2v) is 8.24. The molecule has 2 fully saturated rings. The van der Waals surface area contributed by atoms with Gasteiger partial charge in [-0.1, -0.05) is 63.8 Å². The predicted octanol–water partition coefficient (Wildman–Crippen LogP) is 7.70. The van der Waals surface area contributed by atoms with E-state index in [0.29, 0.717) is 0 Å². The van der Waals surface area contributed by atoms with E-state index in [1.807, 2.05) is 0 Å². The van der Waals surface area contributed by atoms with Gasteiger partial charge in [0.2, 0.25) is 0 Å². The van der Waals surface area contributed by atoms with E-state index in [9.17, 15) is 0 Å². The van der Waals surface area contributed by atoms with Gasteiger partial charge in [0.25, 0.3) is 0 Å². The number of allylic oxidation sites excluding steroid dienone is 4. The molecule has 0 aromatic rings. The summed E-state index contributed by atoms with van der Waals surface area (Å²) in [6.07, 6.45) is 28.3. The SMILES string of the molecule is CCC/C=C/[C@H]1CC[C@H](C/C=C\C[C@H]2CC[C@H](CC)CC2)CC1. The highest BCUT2D eigenvalue weighted by Gasteiger charge is 2.20. The molecule has 0 heterocycles. The highest BCUT2D eigenvalue weighted by molar-refractivity contribution is 4.93. The van der Waals surface area contributed by atoms with Gasteiger partial charge in [-0.2, -0.15) is 0 Å². The van der Waals surface area contributed by atoms with Crippen molar-refractivity contribution in [2.24, 2.45) is 23.7 Å². The molecule has 2 rings (SSSR count). The van der Waals surface area contributed by atoms with Crippen molar-refractivity contribution >= 4 is 0 Å². The summed E-state index contributed by atoms with van der Waals surface area (Å²) in [6.45, 7) is 4.63.